The van der Waals surface area contributed by atoms with Gasteiger partial charge in [0.15, 0.2) is 0 Å². The summed E-state index contributed by atoms with van der Waals surface area (Å²) in [6.45, 7) is 6.42. The van der Waals surface area contributed by atoms with E-state index >= 15 is 0 Å². The second kappa shape index (κ2) is 6.20. The molecule has 3 heterocycles. The lowest BCUT2D eigenvalue weighted by Crippen LogP contribution is -2.49. The molecule has 0 spiro atoms. The van der Waals surface area contributed by atoms with E-state index in [1.807, 2.05) is 4.90 Å². The molecule has 3 aliphatic heterocycles. The van der Waals surface area contributed by atoms with Gasteiger partial charge < -0.3 is 15.0 Å². The van der Waals surface area contributed by atoms with E-state index in [9.17, 15) is 4.79 Å². The third-order valence-corrected chi connectivity index (χ3v) is 4.59. The molecule has 3 saturated heterocycles. The molecule has 0 aliphatic carbocycles. The lowest BCUT2D eigenvalue weighted by atomic mass is 10.1. The monoisotopic (exact) mass is 267 g/mol. The van der Waals surface area contributed by atoms with E-state index in [4.69, 9.17) is 4.74 Å². The van der Waals surface area contributed by atoms with Gasteiger partial charge in [-0.2, -0.15) is 0 Å². The molecule has 5 nitrogen and oxygen atoms in total. The van der Waals surface area contributed by atoms with Crippen molar-refractivity contribution < 1.29 is 9.53 Å². The molecular weight excluding hydrogens is 242 g/mol. The Morgan fingerprint density at radius 2 is 2.00 bits per heavy atom. The molecule has 0 aromatic rings. The molecule has 3 aliphatic rings. The molecule has 3 fully saturated rings. The third kappa shape index (κ3) is 3.09. The Balaban J connectivity index is 1.51. The number of likely N-dealkylation sites (tertiary alicyclic amines) is 2. The molecule has 1 N–H and O–H groups in total. The van der Waals surface area contributed by atoms with Crippen LogP contribution in [0.5, 0.6) is 0 Å². The summed E-state index contributed by atoms with van der Waals surface area (Å²) in [6.07, 6.45) is 4.88. The van der Waals surface area contributed by atoms with E-state index in [1.54, 1.807) is 0 Å². The summed E-state index contributed by atoms with van der Waals surface area (Å²) in [4.78, 5) is 17.0. The van der Waals surface area contributed by atoms with E-state index in [1.165, 1.54) is 32.4 Å². The average molecular weight is 267 g/mol. The average Bonchev–Trinajstić information content (AvgIpc) is 2.98. The maximum atomic E-state index is 12.4. The number of morpholine rings is 1. The Bertz CT molecular complexity index is 312. The second-order valence-electron chi connectivity index (χ2n) is 5.89. The van der Waals surface area contributed by atoms with Crippen molar-refractivity contribution in [3.05, 3.63) is 0 Å². The van der Waals surface area contributed by atoms with Gasteiger partial charge in [-0.25, -0.2) is 0 Å². The molecule has 0 aromatic carbocycles. The largest absolute Gasteiger partial charge is 0.366 e. The van der Waals surface area contributed by atoms with Crippen molar-refractivity contribution in [2.24, 2.45) is 0 Å². The van der Waals surface area contributed by atoms with Crippen molar-refractivity contribution in [1.29, 1.82) is 0 Å². The van der Waals surface area contributed by atoms with Crippen LogP contribution in [0, 0.1) is 0 Å². The van der Waals surface area contributed by atoms with Crippen LogP contribution in [-0.4, -0.2) is 73.7 Å². The topological polar surface area (TPSA) is 44.8 Å². The highest BCUT2D eigenvalue weighted by atomic mass is 16.5. The van der Waals surface area contributed by atoms with Gasteiger partial charge >= 0.3 is 0 Å². The van der Waals surface area contributed by atoms with E-state index < -0.39 is 0 Å². The van der Waals surface area contributed by atoms with Crippen molar-refractivity contribution in [2.45, 2.75) is 37.8 Å². The van der Waals surface area contributed by atoms with Gasteiger partial charge in [-0.05, 0) is 32.4 Å². The number of hydrogen-bond donors (Lipinski definition) is 1. The van der Waals surface area contributed by atoms with Gasteiger partial charge in [0.25, 0.3) is 5.91 Å². The number of nitrogens with zero attached hydrogens (tertiary/aromatic N) is 2. The zero-order chi connectivity index (χ0) is 13.1. The van der Waals surface area contributed by atoms with E-state index in [-0.39, 0.29) is 12.0 Å². The van der Waals surface area contributed by atoms with Gasteiger partial charge in [-0.3, -0.25) is 9.69 Å². The molecule has 108 valence electrons. The van der Waals surface area contributed by atoms with Crippen LogP contribution in [0.1, 0.15) is 25.7 Å². The van der Waals surface area contributed by atoms with Crippen LogP contribution in [-0.2, 0) is 9.53 Å². The number of piperidine rings is 1. The summed E-state index contributed by atoms with van der Waals surface area (Å²) in [7, 11) is 0. The molecule has 0 aromatic heterocycles. The Labute approximate surface area is 115 Å². The third-order valence-electron chi connectivity index (χ3n) is 4.59. The lowest BCUT2D eigenvalue weighted by molar-refractivity contribution is -0.144. The standard InChI is InChI=1S/C14H25N3O2/c18-14(13-10-15-5-9-19-13)17-8-4-12(11-17)16-6-2-1-3-7-16/h12-13,15H,1-11H2. The van der Waals surface area contributed by atoms with Gasteiger partial charge in [-0.15, -0.1) is 0 Å². The fourth-order valence-electron chi connectivity index (χ4n) is 3.45. The minimum absolute atomic E-state index is 0.187. The van der Waals surface area contributed by atoms with Crippen LogP contribution >= 0.6 is 0 Å². The summed E-state index contributed by atoms with van der Waals surface area (Å²) in [5, 5.41) is 3.23. The predicted molar refractivity (Wildman–Crippen MR) is 73.0 cm³/mol. The molecule has 2 atom stereocenters. The first-order valence-corrected chi connectivity index (χ1v) is 7.70. The molecule has 19 heavy (non-hydrogen) atoms. The van der Waals surface area contributed by atoms with Gasteiger partial charge in [-0.1, -0.05) is 6.42 Å². The molecule has 0 saturated carbocycles. The first-order chi connectivity index (χ1) is 9.34. The molecule has 2 unspecified atom stereocenters. The molecule has 3 rings (SSSR count). The van der Waals surface area contributed by atoms with E-state index in [0.29, 0.717) is 19.2 Å². The van der Waals surface area contributed by atoms with Crippen molar-refractivity contribution in [2.75, 3.05) is 45.9 Å². The quantitative estimate of drug-likeness (QED) is 0.768. The van der Waals surface area contributed by atoms with Crippen molar-refractivity contribution in [3.8, 4) is 0 Å². The maximum Gasteiger partial charge on any atom is 0.253 e. The smallest absolute Gasteiger partial charge is 0.253 e. The number of nitrogens with one attached hydrogen (secondary N) is 1. The first kappa shape index (κ1) is 13.3. The molecule has 1 amide bonds. The van der Waals surface area contributed by atoms with E-state index in [2.05, 4.69) is 10.2 Å². The highest BCUT2D eigenvalue weighted by Gasteiger charge is 2.34. The fourth-order valence-corrected chi connectivity index (χ4v) is 3.45. The Kier molecular flexibility index (Phi) is 4.35. The van der Waals surface area contributed by atoms with Crippen LogP contribution in [0.15, 0.2) is 0 Å². The van der Waals surface area contributed by atoms with Gasteiger partial charge in [0, 0.05) is 32.2 Å². The van der Waals surface area contributed by atoms with Crippen LogP contribution in [0.4, 0.5) is 0 Å². The minimum atomic E-state index is -0.256. The zero-order valence-corrected chi connectivity index (χ0v) is 11.6. The lowest BCUT2D eigenvalue weighted by Gasteiger charge is -2.32. The number of hydrogen-bond acceptors (Lipinski definition) is 4. The number of amides is 1. The van der Waals surface area contributed by atoms with Gasteiger partial charge in [0.2, 0.25) is 0 Å². The summed E-state index contributed by atoms with van der Waals surface area (Å²) >= 11 is 0. The second-order valence-corrected chi connectivity index (χ2v) is 5.89. The number of rotatable bonds is 2. The minimum Gasteiger partial charge on any atom is -0.366 e. The summed E-state index contributed by atoms with van der Waals surface area (Å²) in [5.41, 5.74) is 0. The first-order valence-electron chi connectivity index (χ1n) is 7.70. The normalized spacial score (nSPS) is 33.6. The van der Waals surface area contributed by atoms with Gasteiger partial charge in [0.1, 0.15) is 6.10 Å². The highest BCUT2D eigenvalue weighted by molar-refractivity contribution is 5.81. The van der Waals surface area contributed by atoms with Crippen molar-refractivity contribution in [1.82, 2.24) is 15.1 Å². The van der Waals surface area contributed by atoms with Crippen LogP contribution in [0.2, 0.25) is 0 Å². The Morgan fingerprint density at radius 1 is 1.16 bits per heavy atom. The van der Waals surface area contributed by atoms with Crippen LogP contribution in [0.3, 0.4) is 0 Å². The van der Waals surface area contributed by atoms with Crippen molar-refractivity contribution >= 4 is 5.91 Å². The summed E-state index contributed by atoms with van der Waals surface area (Å²) in [5.74, 6) is 0.187. The van der Waals surface area contributed by atoms with Crippen molar-refractivity contribution in [3.63, 3.8) is 0 Å². The van der Waals surface area contributed by atoms with Crippen LogP contribution in [0.25, 0.3) is 0 Å². The maximum absolute atomic E-state index is 12.4. The molecular formula is C14H25N3O2. The fraction of sp³-hybridized carbons (Fsp3) is 0.929. The molecule has 5 heteroatoms. The predicted octanol–water partition coefficient (Wildman–Crippen LogP) is 0.0616. The van der Waals surface area contributed by atoms with Crippen LogP contribution < -0.4 is 5.32 Å². The Hall–Kier alpha value is -0.650. The van der Waals surface area contributed by atoms with Gasteiger partial charge in [0.05, 0.1) is 6.61 Å². The summed E-state index contributed by atoms with van der Waals surface area (Å²) in [6, 6.07) is 0.584. The van der Waals surface area contributed by atoms with E-state index in [0.717, 1.165) is 26.1 Å². The Morgan fingerprint density at radius 3 is 2.74 bits per heavy atom. The molecule has 0 bridgehead atoms. The SMILES string of the molecule is O=C(C1CNCCO1)N1CCC(N2CCCCC2)C1. The number of ether oxygens (including phenoxy) is 1. The molecule has 0 radical (unpaired) electrons. The zero-order valence-electron chi connectivity index (χ0n) is 11.6. The number of carbonyl (C=O) groups excluding carboxylic acids is 1. The summed E-state index contributed by atoms with van der Waals surface area (Å²) < 4.78 is 5.57. The highest BCUT2D eigenvalue weighted by Crippen LogP contribution is 2.21. The number of carbonyl (C=O) groups is 1.